The molecule has 13 nitrogen and oxygen atoms in total. The zero-order valence-electron chi connectivity index (χ0n) is 31.4. The van der Waals surface area contributed by atoms with Crippen LogP contribution >= 0.6 is 0 Å². The van der Waals surface area contributed by atoms with Gasteiger partial charge in [0.15, 0.2) is 0 Å². The number of aliphatic hydroxyl groups excluding tert-OH is 2. The van der Waals surface area contributed by atoms with Crippen molar-refractivity contribution < 1.29 is 47.2 Å². The van der Waals surface area contributed by atoms with Crippen LogP contribution in [0.5, 0.6) is 11.5 Å². The monoisotopic (exact) mass is 793 g/mol. The van der Waals surface area contributed by atoms with Crippen molar-refractivity contribution >= 4 is 17.5 Å². The zero-order valence-corrected chi connectivity index (χ0v) is 31.4. The van der Waals surface area contributed by atoms with Gasteiger partial charge < -0.3 is 29.7 Å². The minimum atomic E-state index is -4.98. The molecule has 1 fully saturated rings. The van der Waals surface area contributed by atoms with E-state index in [0.717, 1.165) is 15.3 Å². The molecule has 5 atom stereocenters. The second kappa shape index (κ2) is 16.5. The quantitative estimate of drug-likeness (QED) is 0.0658. The molecule has 0 saturated carbocycles. The molecule has 1 saturated heterocycles. The van der Waals surface area contributed by atoms with Crippen LogP contribution in [0.15, 0.2) is 107 Å². The third kappa shape index (κ3) is 7.29. The number of aliphatic hydroxyl groups is 2. The van der Waals surface area contributed by atoms with E-state index in [2.05, 4.69) is 6.58 Å². The van der Waals surface area contributed by atoms with Crippen molar-refractivity contribution in [3.05, 3.63) is 135 Å². The van der Waals surface area contributed by atoms with Gasteiger partial charge in [-0.1, -0.05) is 72.3 Å². The van der Waals surface area contributed by atoms with Gasteiger partial charge in [-0.15, -0.1) is 4.59 Å². The molecular formula is C41H44F3N4O9+. The first-order chi connectivity index (χ1) is 27.2. The lowest BCUT2D eigenvalue weighted by Gasteiger charge is -2.43. The maximum Gasteiger partial charge on any atom is 0.471 e. The number of ether oxygens (including phenoxy) is 3. The lowest BCUT2D eigenvalue weighted by Crippen LogP contribution is -2.76. The third-order valence-electron chi connectivity index (χ3n) is 10.8. The first kappa shape index (κ1) is 41.1. The predicted molar refractivity (Wildman–Crippen MR) is 203 cm³/mol. The summed E-state index contributed by atoms with van der Waals surface area (Å²) in [6.45, 7) is 3.35. The van der Waals surface area contributed by atoms with Crippen LogP contribution in [0.25, 0.3) is 0 Å². The Balaban J connectivity index is 1.29. The molecule has 2 bridgehead atoms. The number of amides is 2. The number of aromatic nitrogens is 2. The Morgan fingerprint density at radius 3 is 2.02 bits per heavy atom. The lowest BCUT2D eigenvalue weighted by molar-refractivity contribution is -0.173. The molecule has 3 aliphatic heterocycles. The van der Waals surface area contributed by atoms with Gasteiger partial charge in [-0.3, -0.25) is 14.2 Å². The number of carbonyl (C=O) groups excluding carboxylic acids is 2. The number of fused-ring (bicyclic) bond motifs is 2. The molecule has 4 heterocycles. The van der Waals surface area contributed by atoms with Gasteiger partial charge in [0, 0.05) is 19.0 Å². The molecule has 57 heavy (non-hydrogen) atoms. The molecule has 0 aliphatic carbocycles. The molecule has 2 amide bonds. The van der Waals surface area contributed by atoms with Crippen LogP contribution in [0.1, 0.15) is 55.0 Å². The Kier molecular flexibility index (Phi) is 11.9. The Bertz CT molecular complexity index is 2160. The van der Waals surface area contributed by atoms with Crippen LogP contribution in [0.3, 0.4) is 0 Å². The molecule has 3 aromatic carbocycles. The van der Waals surface area contributed by atoms with Crippen molar-refractivity contribution in [1.82, 2.24) is 19.2 Å². The number of nitrogens with one attached hydrogen (secondary N) is 1. The van der Waals surface area contributed by atoms with Crippen LogP contribution in [-0.4, -0.2) is 83.1 Å². The molecule has 3 N–H and O–H groups in total. The molecule has 0 radical (unpaired) electrons. The summed E-state index contributed by atoms with van der Waals surface area (Å²) in [7, 11) is 3.09. The highest BCUT2D eigenvalue weighted by molar-refractivity contribution is 5.97. The van der Waals surface area contributed by atoms with Crippen molar-refractivity contribution in [3.8, 4) is 11.5 Å². The van der Waals surface area contributed by atoms with E-state index in [1.807, 2.05) is 59.9 Å². The first-order valence-corrected chi connectivity index (χ1v) is 18.4. The topological polar surface area (TPSA) is 158 Å². The summed E-state index contributed by atoms with van der Waals surface area (Å²) in [6, 6.07) is 23.6. The van der Waals surface area contributed by atoms with Crippen molar-refractivity contribution in [2.24, 2.45) is 0 Å². The zero-order chi connectivity index (χ0) is 41.1. The number of nitrogens with zero attached hydrogens (tertiary/aromatic N) is 3. The predicted octanol–water partition coefficient (Wildman–Crippen LogP) is 4.11. The summed E-state index contributed by atoms with van der Waals surface area (Å²) >= 11 is 0. The van der Waals surface area contributed by atoms with E-state index in [1.165, 1.54) is 6.20 Å². The van der Waals surface area contributed by atoms with Crippen molar-refractivity contribution in [2.75, 3.05) is 27.3 Å². The van der Waals surface area contributed by atoms with Gasteiger partial charge in [0.05, 0.1) is 31.9 Å². The summed E-state index contributed by atoms with van der Waals surface area (Å²) in [4.78, 5) is 51.7. The minimum absolute atomic E-state index is 0.0181. The van der Waals surface area contributed by atoms with Crippen molar-refractivity contribution in [2.45, 2.75) is 68.2 Å². The van der Waals surface area contributed by atoms with Crippen LogP contribution in [0.2, 0.25) is 0 Å². The summed E-state index contributed by atoms with van der Waals surface area (Å²) in [5, 5.41) is 26.1. The fraction of sp³-hybridized carbons (Fsp3) is 0.366. The molecule has 16 heteroatoms. The van der Waals surface area contributed by atoms with Gasteiger partial charge in [0.1, 0.15) is 36.5 Å². The standard InChI is InChI=1S/C41H43F3N4O9/c1-4-34(50)48(23-11-6-5-10-22-45-38(53)41(42,43)44)31-25-46(39(54)47(48)37(31)52)33-24-32(49)35(57-33)36(51)40(26-12-8-7-9-13-26,27-14-18-29(55-2)19-15-27)28-16-20-30(56-3)21-17-28/h4,7-9,12-21,25,32-33,35-36,49,51H,1,5-6,10-11,22-24H2,2-3H3/p+1/t32-,33+,35-,36?,48?/m0/s1. The average molecular weight is 794 g/mol. The van der Waals surface area contributed by atoms with E-state index in [0.29, 0.717) is 47.5 Å². The molecule has 4 aromatic rings. The van der Waals surface area contributed by atoms with Gasteiger partial charge in [-0.25, -0.2) is 9.59 Å². The maximum atomic E-state index is 14.1. The number of alkyl halides is 3. The second-order valence-corrected chi connectivity index (χ2v) is 14.0. The summed E-state index contributed by atoms with van der Waals surface area (Å²) < 4.78 is 55.8. The number of rotatable bonds is 16. The van der Waals surface area contributed by atoms with Gasteiger partial charge in [0.2, 0.25) is 0 Å². The Labute approximate surface area is 325 Å². The van der Waals surface area contributed by atoms with E-state index >= 15 is 0 Å². The first-order valence-electron chi connectivity index (χ1n) is 18.4. The molecule has 302 valence electrons. The molecular weight excluding hydrogens is 749 g/mol. The fourth-order valence-corrected chi connectivity index (χ4v) is 7.99. The highest BCUT2D eigenvalue weighted by Gasteiger charge is 2.57. The second-order valence-electron chi connectivity index (χ2n) is 14.0. The number of halogens is 3. The molecule has 2 unspecified atom stereocenters. The molecule has 1 aromatic heterocycles. The fourth-order valence-electron chi connectivity index (χ4n) is 7.99. The Morgan fingerprint density at radius 1 is 0.930 bits per heavy atom. The van der Waals surface area contributed by atoms with Crippen LogP contribution in [0, 0.1) is 0 Å². The van der Waals surface area contributed by atoms with Gasteiger partial charge in [-0.2, -0.15) is 13.2 Å². The molecule has 3 aliphatic rings. The number of methoxy groups -OCH3 is 2. The molecule has 0 spiro atoms. The number of hydrogen-bond acceptors (Lipinski definition) is 9. The van der Waals surface area contributed by atoms with E-state index in [4.69, 9.17) is 14.2 Å². The highest BCUT2D eigenvalue weighted by Crippen LogP contribution is 2.47. The smallest absolute Gasteiger partial charge is 0.471 e. The van der Waals surface area contributed by atoms with Crippen molar-refractivity contribution in [1.29, 1.82) is 0 Å². The Morgan fingerprint density at radius 2 is 1.49 bits per heavy atom. The number of quaternary nitrogens is 1. The van der Waals surface area contributed by atoms with E-state index in [1.54, 1.807) is 38.5 Å². The van der Waals surface area contributed by atoms with Gasteiger partial charge in [-0.05, 0) is 60.2 Å². The maximum absolute atomic E-state index is 14.1. The normalized spacial score (nSPS) is 20.6. The lowest BCUT2D eigenvalue weighted by atomic mass is 9.64. The SMILES string of the molecule is C=CC(=O)[N+]1(CCCCCCNC(=O)C(F)(F)F)c2cn([C@H]3C[C@H](O)[C@@H](C(O)C(c4ccccc4)(c4ccc(OC)cc4)c4ccc(OC)cc4)O3)c(=O)n1c2=O. The number of hydrogen-bond donors (Lipinski definition) is 3. The van der Waals surface area contributed by atoms with Gasteiger partial charge >= 0.3 is 29.2 Å². The summed E-state index contributed by atoms with van der Waals surface area (Å²) in [6.07, 6.45) is -6.70. The van der Waals surface area contributed by atoms with E-state index in [-0.39, 0.29) is 31.6 Å². The summed E-state index contributed by atoms with van der Waals surface area (Å²) in [5.74, 6) is -1.50. The number of benzene rings is 3. The van der Waals surface area contributed by atoms with Crippen LogP contribution in [0.4, 0.5) is 18.9 Å². The largest absolute Gasteiger partial charge is 0.497 e. The Hall–Kier alpha value is -5.55. The average Bonchev–Trinajstić information content (AvgIpc) is 3.61. The third-order valence-corrected chi connectivity index (χ3v) is 10.8. The van der Waals surface area contributed by atoms with Crippen LogP contribution < -0.4 is 30.6 Å². The van der Waals surface area contributed by atoms with Crippen LogP contribution in [-0.2, 0) is 19.7 Å². The number of unbranched alkanes of at least 4 members (excludes halogenated alkanes) is 3. The van der Waals surface area contributed by atoms with E-state index < -0.39 is 63.8 Å². The summed E-state index contributed by atoms with van der Waals surface area (Å²) in [5.41, 5.74) is -0.983. The van der Waals surface area contributed by atoms with Crippen molar-refractivity contribution in [3.63, 3.8) is 0 Å². The van der Waals surface area contributed by atoms with E-state index in [9.17, 15) is 42.6 Å². The molecule has 7 rings (SSSR count). The highest BCUT2D eigenvalue weighted by atomic mass is 19.4. The minimum Gasteiger partial charge on any atom is -0.497 e. The number of carbonyl (C=O) groups is 2. The van der Waals surface area contributed by atoms with Gasteiger partial charge in [0.25, 0.3) is 5.69 Å².